The average Bonchev–Trinajstić information content (AvgIpc) is 2.75. The molecule has 1 aliphatic rings. The topological polar surface area (TPSA) is 29.5 Å². The van der Waals surface area contributed by atoms with Gasteiger partial charge in [0.1, 0.15) is 6.10 Å². The van der Waals surface area contributed by atoms with Gasteiger partial charge in [0.05, 0.1) is 5.60 Å². The van der Waals surface area contributed by atoms with Crippen LogP contribution in [0.25, 0.3) is 0 Å². The van der Waals surface area contributed by atoms with E-state index in [0.29, 0.717) is 0 Å². The minimum atomic E-state index is -0.505. The summed E-state index contributed by atoms with van der Waals surface area (Å²) in [6.45, 7) is 4.80. The summed E-state index contributed by atoms with van der Waals surface area (Å²) in [6, 6.07) is 2.00. The Morgan fingerprint density at radius 1 is 1.67 bits per heavy atom. The largest absolute Gasteiger partial charge is 0.385 e. The number of aliphatic hydroxyl groups is 1. The van der Waals surface area contributed by atoms with Crippen LogP contribution >= 0.6 is 27.3 Å². The van der Waals surface area contributed by atoms with Crippen LogP contribution in [-0.2, 0) is 4.74 Å². The Morgan fingerprint density at radius 3 is 2.87 bits per heavy atom. The van der Waals surface area contributed by atoms with Gasteiger partial charge < -0.3 is 9.84 Å². The standard InChI is InChI=1S/C11H15BrO2S/c1-7-8(12)6-9(15-7)10(13)11(2)4-3-5-14-11/h6,10,13H,3-5H2,1-2H3. The lowest BCUT2D eigenvalue weighted by molar-refractivity contribution is -0.0781. The SMILES string of the molecule is Cc1sc(C(O)C2(C)CCCO2)cc1Br. The molecule has 1 fully saturated rings. The Bertz CT molecular complexity index is 336. The number of aryl methyl sites for hydroxylation is 1. The maximum absolute atomic E-state index is 10.3. The first-order chi connectivity index (χ1) is 7.03. The zero-order valence-electron chi connectivity index (χ0n) is 8.92. The van der Waals surface area contributed by atoms with E-state index in [1.165, 1.54) is 4.88 Å². The molecule has 1 aliphatic heterocycles. The summed E-state index contributed by atoms with van der Waals surface area (Å²) in [5, 5.41) is 10.3. The van der Waals surface area contributed by atoms with Crippen molar-refractivity contribution >= 4 is 27.3 Å². The van der Waals surface area contributed by atoms with E-state index >= 15 is 0 Å². The molecule has 1 aromatic rings. The number of halogens is 1. The molecular weight excluding hydrogens is 276 g/mol. The van der Waals surface area contributed by atoms with Gasteiger partial charge in [0, 0.05) is 20.8 Å². The highest BCUT2D eigenvalue weighted by Gasteiger charge is 2.39. The lowest BCUT2D eigenvalue weighted by Crippen LogP contribution is -2.31. The van der Waals surface area contributed by atoms with Crippen molar-refractivity contribution in [2.45, 2.75) is 38.4 Å². The van der Waals surface area contributed by atoms with Crippen molar-refractivity contribution in [1.82, 2.24) is 0 Å². The van der Waals surface area contributed by atoms with Gasteiger partial charge in [-0.3, -0.25) is 0 Å². The molecule has 0 aromatic carbocycles. The Hall–Kier alpha value is 0.100. The van der Waals surface area contributed by atoms with Crippen molar-refractivity contribution in [3.05, 3.63) is 20.3 Å². The van der Waals surface area contributed by atoms with E-state index in [0.717, 1.165) is 28.8 Å². The van der Waals surface area contributed by atoms with Gasteiger partial charge in [0.25, 0.3) is 0 Å². The second-order valence-electron chi connectivity index (χ2n) is 4.22. The third-order valence-electron chi connectivity index (χ3n) is 2.97. The second kappa shape index (κ2) is 4.17. The first-order valence-electron chi connectivity index (χ1n) is 5.11. The summed E-state index contributed by atoms with van der Waals surface area (Å²) >= 11 is 5.10. The number of aliphatic hydroxyl groups excluding tert-OH is 1. The van der Waals surface area contributed by atoms with Gasteiger partial charge in [0.15, 0.2) is 0 Å². The highest BCUT2D eigenvalue weighted by atomic mass is 79.9. The van der Waals surface area contributed by atoms with Gasteiger partial charge in [-0.15, -0.1) is 11.3 Å². The Kier molecular flexibility index (Phi) is 3.22. The molecule has 0 bridgehead atoms. The number of hydrogen-bond donors (Lipinski definition) is 1. The summed E-state index contributed by atoms with van der Waals surface area (Å²) < 4.78 is 6.72. The quantitative estimate of drug-likeness (QED) is 0.904. The number of ether oxygens (including phenoxy) is 1. The average molecular weight is 291 g/mol. The molecule has 0 radical (unpaired) electrons. The Labute approximate surface area is 102 Å². The molecule has 1 aromatic heterocycles. The van der Waals surface area contributed by atoms with Gasteiger partial charge in [-0.05, 0) is 48.7 Å². The van der Waals surface area contributed by atoms with Crippen molar-refractivity contribution in [3.8, 4) is 0 Å². The fourth-order valence-electron chi connectivity index (χ4n) is 1.93. The molecule has 0 saturated carbocycles. The molecule has 4 heteroatoms. The van der Waals surface area contributed by atoms with Crippen molar-refractivity contribution in [3.63, 3.8) is 0 Å². The normalized spacial score (nSPS) is 28.3. The van der Waals surface area contributed by atoms with Crippen molar-refractivity contribution in [1.29, 1.82) is 0 Å². The molecule has 0 spiro atoms. The van der Waals surface area contributed by atoms with Crippen LogP contribution in [0.1, 0.15) is 35.6 Å². The van der Waals surface area contributed by atoms with Gasteiger partial charge in [0.2, 0.25) is 0 Å². The van der Waals surface area contributed by atoms with Crippen molar-refractivity contribution in [2.75, 3.05) is 6.61 Å². The van der Waals surface area contributed by atoms with E-state index in [1.807, 2.05) is 19.9 Å². The lowest BCUT2D eigenvalue weighted by Gasteiger charge is -2.28. The summed E-state index contributed by atoms with van der Waals surface area (Å²) in [6.07, 6.45) is 1.47. The maximum atomic E-state index is 10.3. The predicted octanol–water partition coefficient (Wildman–Crippen LogP) is 3.42. The first kappa shape index (κ1) is 11.6. The van der Waals surface area contributed by atoms with E-state index in [2.05, 4.69) is 15.9 Å². The Morgan fingerprint density at radius 2 is 2.40 bits per heavy atom. The maximum Gasteiger partial charge on any atom is 0.117 e. The van der Waals surface area contributed by atoms with Gasteiger partial charge in [-0.25, -0.2) is 0 Å². The van der Waals surface area contributed by atoms with Crippen molar-refractivity contribution in [2.24, 2.45) is 0 Å². The lowest BCUT2D eigenvalue weighted by atomic mass is 9.94. The van der Waals surface area contributed by atoms with E-state index < -0.39 is 11.7 Å². The van der Waals surface area contributed by atoms with E-state index in [-0.39, 0.29) is 0 Å². The van der Waals surface area contributed by atoms with Crippen LogP contribution in [0.2, 0.25) is 0 Å². The predicted molar refractivity (Wildman–Crippen MR) is 65.3 cm³/mol. The van der Waals surface area contributed by atoms with E-state index in [9.17, 15) is 5.11 Å². The van der Waals surface area contributed by atoms with Gasteiger partial charge >= 0.3 is 0 Å². The molecule has 0 aliphatic carbocycles. The van der Waals surface area contributed by atoms with E-state index in [4.69, 9.17) is 4.74 Å². The highest BCUT2D eigenvalue weighted by molar-refractivity contribution is 9.10. The first-order valence-corrected chi connectivity index (χ1v) is 6.72. The monoisotopic (exact) mass is 290 g/mol. The molecule has 2 nitrogen and oxygen atoms in total. The van der Waals surface area contributed by atoms with Crippen LogP contribution < -0.4 is 0 Å². The third kappa shape index (κ3) is 2.13. The number of thiophene rings is 1. The van der Waals surface area contributed by atoms with Crippen LogP contribution in [0.3, 0.4) is 0 Å². The van der Waals surface area contributed by atoms with Crippen LogP contribution in [0, 0.1) is 6.92 Å². The Balaban J connectivity index is 2.23. The zero-order valence-corrected chi connectivity index (χ0v) is 11.3. The summed E-state index contributed by atoms with van der Waals surface area (Å²) in [5.41, 5.74) is -0.392. The van der Waals surface area contributed by atoms with Gasteiger partial charge in [-0.2, -0.15) is 0 Å². The van der Waals surface area contributed by atoms with Crippen LogP contribution in [-0.4, -0.2) is 17.3 Å². The third-order valence-corrected chi connectivity index (χ3v) is 5.16. The van der Waals surface area contributed by atoms with Crippen molar-refractivity contribution < 1.29 is 9.84 Å². The number of hydrogen-bond acceptors (Lipinski definition) is 3. The zero-order chi connectivity index (χ0) is 11.1. The van der Waals surface area contributed by atoms with E-state index in [1.54, 1.807) is 11.3 Å². The van der Waals surface area contributed by atoms with Gasteiger partial charge in [-0.1, -0.05) is 0 Å². The molecule has 0 amide bonds. The molecule has 2 heterocycles. The molecule has 2 rings (SSSR count). The van der Waals surface area contributed by atoms with Crippen LogP contribution in [0.5, 0.6) is 0 Å². The summed E-state index contributed by atoms with van der Waals surface area (Å²) in [4.78, 5) is 2.19. The molecule has 2 atom stereocenters. The molecule has 1 N–H and O–H groups in total. The minimum absolute atomic E-state index is 0.392. The molecular formula is C11H15BrO2S. The second-order valence-corrected chi connectivity index (χ2v) is 6.36. The fourth-order valence-corrected chi connectivity index (χ4v) is 3.62. The molecule has 15 heavy (non-hydrogen) atoms. The summed E-state index contributed by atoms with van der Waals surface area (Å²) in [5.74, 6) is 0. The fraction of sp³-hybridized carbons (Fsp3) is 0.636. The molecule has 2 unspecified atom stereocenters. The number of rotatable bonds is 2. The minimum Gasteiger partial charge on any atom is -0.385 e. The molecule has 84 valence electrons. The smallest absolute Gasteiger partial charge is 0.117 e. The highest BCUT2D eigenvalue weighted by Crippen LogP contribution is 2.41. The van der Waals surface area contributed by atoms with Crippen LogP contribution in [0.4, 0.5) is 0 Å². The van der Waals surface area contributed by atoms with Crippen LogP contribution in [0.15, 0.2) is 10.5 Å². The summed E-state index contributed by atoms with van der Waals surface area (Å²) in [7, 11) is 0. The molecule has 1 saturated heterocycles.